The highest BCUT2D eigenvalue weighted by Crippen LogP contribution is 2.24. The molecule has 1 atom stereocenters. The Kier molecular flexibility index (Phi) is 6.11. The zero-order valence-corrected chi connectivity index (χ0v) is 11.4. The molecule has 0 aromatic heterocycles. The minimum atomic E-state index is -0.257. The molecule has 1 rings (SSSR count). The number of nitrogens with two attached hydrogens (primary N) is 1. The van der Waals surface area contributed by atoms with E-state index in [1.807, 2.05) is 0 Å². The minimum absolute atomic E-state index is 0.232. The lowest BCUT2D eigenvalue weighted by atomic mass is 10.1. The van der Waals surface area contributed by atoms with E-state index in [9.17, 15) is 4.79 Å². The minimum Gasteiger partial charge on any atom is -0.497 e. The highest BCUT2D eigenvalue weighted by Gasteiger charge is 2.16. The summed E-state index contributed by atoms with van der Waals surface area (Å²) in [6.07, 6.45) is 0. The Hall–Kier alpha value is -1.79. The van der Waals surface area contributed by atoms with Crippen molar-refractivity contribution >= 4 is 5.91 Å². The monoisotopic (exact) mass is 268 g/mol. The first-order valence-corrected chi connectivity index (χ1v) is 5.88. The lowest BCUT2D eigenvalue weighted by Crippen LogP contribution is -2.43. The van der Waals surface area contributed by atoms with Gasteiger partial charge in [-0.3, -0.25) is 4.79 Å². The van der Waals surface area contributed by atoms with Crippen LogP contribution in [0.25, 0.3) is 0 Å². The highest BCUT2D eigenvalue weighted by atomic mass is 16.5. The molecule has 1 amide bonds. The van der Waals surface area contributed by atoms with Gasteiger partial charge in [0.2, 0.25) is 0 Å². The fourth-order valence-electron chi connectivity index (χ4n) is 1.62. The third-order valence-electron chi connectivity index (χ3n) is 2.64. The molecule has 0 aliphatic heterocycles. The smallest absolute Gasteiger partial charge is 0.255 e. The number of carbonyl (C=O) groups excluding carboxylic acids is 1. The number of nitrogens with one attached hydrogen (secondary N) is 1. The summed E-state index contributed by atoms with van der Waals surface area (Å²) in [5, 5.41) is 2.79. The van der Waals surface area contributed by atoms with Gasteiger partial charge in [0, 0.05) is 19.7 Å². The van der Waals surface area contributed by atoms with E-state index in [0.29, 0.717) is 30.2 Å². The molecule has 0 saturated heterocycles. The number of methoxy groups -OCH3 is 3. The number of hydrogen-bond acceptors (Lipinski definition) is 5. The van der Waals surface area contributed by atoms with Gasteiger partial charge < -0.3 is 25.3 Å². The van der Waals surface area contributed by atoms with Crippen LogP contribution in [-0.4, -0.2) is 46.4 Å². The van der Waals surface area contributed by atoms with Crippen molar-refractivity contribution in [1.29, 1.82) is 0 Å². The van der Waals surface area contributed by atoms with Gasteiger partial charge in [0.15, 0.2) is 0 Å². The summed E-state index contributed by atoms with van der Waals surface area (Å²) in [6.45, 7) is 0.665. The van der Waals surface area contributed by atoms with E-state index in [1.165, 1.54) is 7.11 Å². The summed E-state index contributed by atoms with van der Waals surface area (Å²) < 4.78 is 15.2. The fourth-order valence-corrected chi connectivity index (χ4v) is 1.62. The third-order valence-corrected chi connectivity index (χ3v) is 2.64. The highest BCUT2D eigenvalue weighted by molar-refractivity contribution is 5.97. The quantitative estimate of drug-likeness (QED) is 0.748. The third kappa shape index (κ3) is 4.11. The van der Waals surface area contributed by atoms with E-state index in [4.69, 9.17) is 19.9 Å². The van der Waals surface area contributed by atoms with Gasteiger partial charge in [-0.05, 0) is 12.1 Å². The van der Waals surface area contributed by atoms with Gasteiger partial charge in [0.25, 0.3) is 5.91 Å². The zero-order valence-electron chi connectivity index (χ0n) is 11.4. The van der Waals surface area contributed by atoms with Crippen LogP contribution in [0.4, 0.5) is 0 Å². The van der Waals surface area contributed by atoms with Crippen molar-refractivity contribution in [1.82, 2.24) is 5.32 Å². The molecular weight excluding hydrogens is 248 g/mol. The van der Waals surface area contributed by atoms with E-state index < -0.39 is 0 Å². The molecule has 0 bridgehead atoms. The van der Waals surface area contributed by atoms with E-state index in [0.717, 1.165) is 0 Å². The van der Waals surface area contributed by atoms with E-state index in [-0.39, 0.29) is 11.9 Å². The van der Waals surface area contributed by atoms with Crippen molar-refractivity contribution in [3.05, 3.63) is 23.8 Å². The van der Waals surface area contributed by atoms with Crippen molar-refractivity contribution < 1.29 is 19.0 Å². The number of rotatable bonds is 7. The number of hydrogen-bond donors (Lipinski definition) is 2. The number of benzene rings is 1. The van der Waals surface area contributed by atoms with Gasteiger partial charge >= 0.3 is 0 Å². The maximum Gasteiger partial charge on any atom is 0.255 e. The molecule has 6 nitrogen and oxygen atoms in total. The Bertz CT molecular complexity index is 423. The van der Waals surface area contributed by atoms with Crippen molar-refractivity contribution in [3.63, 3.8) is 0 Å². The molecule has 106 valence electrons. The van der Waals surface area contributed by atoms with Crippen molar-refractivity contribution in [2.24, 2.45) is 5.73 Å². The van der Waals surface area contributed by atoms with Gasteiger partial charge in [0.05, 0.1) is 32.4 Å². The molecular formula is C13H20N2O4. The van der Waals surface area contributed by atoms with Crippen LogP contribution < -0.4 is 20.5 Å². The second-order valence-corrected chi connectivity index (χ2v) is 3.93. The second-order valence-electron chi connectivity index (χ2n) is 3.93. The Morgan fingerprint density at radius 1 is 1.32 bits per heavy atom. The predicted molar refractivity (Wildman–Crippen MR) is 71.7 cm³/mol. The van der Waals surface area contributed by atoms with Crippen LogP contribution >= 0.6 is 0 Å². The molecule has 3 N–H and O–H groups in total. The molecule has 1 unspecified atom stereocenters. The number of amides is 1. The molecule has 0 fully saturated rings. The average molecular weight is 268 g/mol. The summed E-state index contributed by atoms with van der Waals surface area (Å²) in [4.78, 5) is 12.1. The first kappa shape index (κ1) is 15.3. The fraction of sp³-hybridized carbons (Fsp3) is 0.462. The summed E-state index contributed by atoms with van der Waals surface area (Å²) in [7, 11) is 4.61. The zero-order chi connectivity index (χ0) is 14.3. The lowest BCUT2D eigenvalue weighted by Gasteiger charge is -2.17. The normalized spacial score (nSPS) is 11.8. The maximum atomic E-state index is 12.1. The standard InChI is InChI=1S/C13H20N2O4/c1-17-8-9(7-14)15-13(16)11-5-4-10(18-2)6-12(11)19-3/h4-6,9H,7-8,14H2,1-3H3,(H,15,16). The molecule has 6 heteroatoms. The lowest BCUT2D eigenvalue weighted by molar-refractivity contribution is 0.0897. The van der Waals surface area contributed by atoms with Crippen LogP contribution in [0.3, 0.4) is 0 Å². The largest absolute Gasteiger partial charge is 0.497 e. The number of carbonyl (C=O) groups is 1. The number of ether oxygens (including phenoxy) is 3. The van der Waals surface area contributed by atoms with Gasteiger partial charge in [-0.25, -0.2) is 0 Å². The topological polar surface area (TPSA) is 82.8 Å². The average Bonchev–Trinajstić information content (AvgIpc) is 2.45. The molecule has 0 aliphatic rings. The second kappa shape index (κ2) is 7.60. The van der Waals surface area contributed by atoms with Crippen LogP contribution in [0.1, 0.15) is 10.4 Å². The van der Waals surface area contributed by atoms with E-state index in [2.05, 4.69) is 5.32 Å². The molecule has 1 aromatic rings. The maximum absolute atomic E-state index is 12.1. The molecule has 1 aromatic carbocycles. The Morgan fingerprint density at radius 3 is 2.58 bits per heavy atom. The molecule has 0 saturated carbocycles. The Morgan fingerprint density at radius 2 is 2.05 bits per heavy atom. The van der Waals surface area contributed by atoms with Gasteiger partial charge in [-0.1, -0.05) is 0 Å². The Balaban J connectivity index is 2.86. The predicted octanol–water partition coefficient (Wildman–Crippen LogP) is 0.407. The van der Waals surface area contributed by atoms with Crippen molar-refractivity contribution in [2.75, 3.05) is 34.5 Å². The van der Waals surface area contributed by atoms with Crippen molar-refractivity contribution in [3.8, 4) is 11.5 Å². The first-order valence-electron chi connectivity index (χ1n) is 5.88. The molecule has 0 spiro atoms. The Labute approximate surface area is 112 Å². The summed E-state index contributed by atoms with van der Waals surface area (Å²) in [5.41, 5.74) is 5.98. The van der Waals surface area contributed by atoms with Crippen LogP contribution in [0.15, 0.2) is 18.2 Å². The van der Waals surface area contributed by atoms with E-state index in [1.54, 1.807) is 32.4 Å². The molecule has 19 heavy (non-hydrogen) atoms. The van der Waals surface area contributed by atoms with Gasteiger partial charge in [0.1, 0.15) is 11.5 Å². The molecule has 0 radical (unpaired) electrons. The summed E-state index contributed by atoms with van der Waals surface area (Å²) in [5.74, 6) is 0.817. The van der Waals surface area contributed by atoms with E-state index >= 15 is 0 Å². The molecule has 0 heterocycles. The van der Waals surface area contributed by atoms with Gasteiger partial charge in [-0.15, -0.1) is 0 Å². The summed E-state index contributed by atoms with van der Waals surface area (Å²) >= 11 is 0. The van der Waals surface area contributed by atoms with Crippen LogP contribution in [-0.2, 0) is 4.74 Å². The van der Waals surface area contributed by atoms with Crippen molar-refractivity contribution in [2.45, 2.75) is 6.04 Å². The van der Waals surface area contributed by atoms with Crippen LogP contribution in [0.2, 0.25) is 0 Å². The molecule has 0 aliphatic carbocycles. The SMILES string of the molecule is COCC(CN)NC(=O)c1ccc(OC)cc1OC. The first-order chi connectivity index (χ1) is 9.15. The summed E-state index contributed by atoms with van der Waals surface area (Å²) in [6, 6.07) is 4.77. The van der Waals surface area contributed by atoms with Gasteiger partial charge in [-0.2, -0.15) is 0 Å². The van der Waals surface area contributed by atoms with Crippen LogP contribution in [0, 0.1) is 0 Å². The van der Waals surface area contributed by atoms with Crippen LogP contribution in [0.5, 0.6) is 11.5 Å².